The minimum atomic E-state index is 0.170. The van der Waals surface area contributed by atoms with Crippen molar-refractivity contribution in [2.24, 2.45) is 9.98 Å². The maximum absolute atomic E-state index is 5.87. The molecule has 0 aliphatic carbocycles. The molecule has 3 heteroatoms. The fourth-order valence-electron chi connectivity index (χ4n) is 3.19. The summed E-state index contributed by atoms with van der Waals surface area (Å²) in [4.78, 5) is 9.82. The van der Waals surface area contributed by atoms with Gasteiger partial charge >= 0.3 is 0 Å². The van der Waals surface area contributed by atoms with E-state index in [1.54, 1.807) is 0 Å². The quantitative estimate of drug-likeness (QED) is 0.622. The van der Waals surface area contributed by atoms with Gasteiger partial charge in [0.25, 0.3) is 0 Å². The molecule has 0 aromatic heterocycles. The minimum absolute atomic E-state index is 0.170. The van der Waals surface area contributed by atoms with Gasteiger partial charge in [-0.05, 0) is 29.9 Å². The van der Waals surface area contributed by atoms with Crippen LogP contribution in [0.15, 0.2) is 58.5 Å². The zero-order valence-corrected chi connectivity index (χ0v) is 16.4. The third kappa shape index (κ3) is 3.87. The minimum Gasteiger partial charge on any atom is -0.474 e. The standard InChI is InChI=1S/C23H28N2O/c1-15(2)19-12-9-13-20(16(3)4)22(19)25-21(18-10-7-6-8-11-18)23-24-17(5)14-26-23/h6-13,15-17H,14H2,1-5H3/t17-/m0/s1. The van der Waals surface area contributed by atoms with Crippen LogP contribution < -0.4 is 0 Å². The van der Waals surface area contributed by atoms with Crippen LogP contribution in [0.1, 0.15) is 63.1 Å². The highest BCUT2D eigenvalue weighted by atomic mass is 16.5. The largest absolute Gasteiger partial charge is 0.474 e. The summed E-state index contributed by atoms with van der Waals surface area (Å²) in [5.41, 5.74) is 5.44. The molecule has 0 spiro atoms. The number of benzene rings is 2. The second-order valence-electron chi connectivity index (χ2n) is 7.52. The van der Waals surface area contributed by atoms with Gasteiger partial charge in [-0.15, -0.1) is 0 Å². The monoisotopic (exact) mass is 348 g/mol. The first kappa shape index (κ1) is 18.4. The number of nitrogens with zero attached hydrogens (tertiary/aromatic N) is 2. The molecular weight excluding hydrogens is 320 g/mol. The van der Waals surface area contributed by atoms with Gasteiger partial charge in [-0.2, -0.15) is 0 Å². The van der Waals surface area contributed by atoms with Crippen molar-refractivity contribution in [3.63, 3.8) is 0 Å². The number of aliphatic imine (C=N–C) groups is 2. The van der Waals surface area contributed by atoms with Crippen LogP contribution in [0.3, 0.4) is 0 Å². The molecule has 136 valence electrons. The third-order valence-electron chi connectivity index (χ3n) is 4.61. The lowest BCUT2D eigenvalue weighted by molar-refractivity contribution is 0.328. The van der Waals surface area contributed by atoms with Crippen LogP contribution >= 0.6 is 0 Å². The van der Waals surface area contributed by atoms with Crippen LogP contribution in [-0.4, -0.2) is 24.3 Å². The molecule has 0 radical (unpaired) electrons. The van der Waals surface area contributed by atoms with E-state index in [1.807, 2.05) is 18.2 Å². The first-order valence-electron chi connectivity index (χ1n) is 9.45. The molecule has 1 heterocycles. The van der Waals surface area contributed by atoms with Gasteiger partial charge in [-0.25, -0.2) is 9.98 Å². The maximum Gasteiger partial charge on any atom is 0.236 e. The Morgan fingerprint density at radius 1 is 0.962 bits per heavy atom. The first-order chi connectivity index (χ1) is 12.5. The lowest BCUT2D eigenvalue weighted by atomic mass is 9.92. The Morgan fingerprint density at radius 3 is 2.08 bits per heavy atom. The molecule has 0 saturated carbocycles. The highest BCUT2D eigenvalue weighted by Gasteiger charge is 2.23. The van der Waals surface area contributed by atoms with E-state index in [0.717, 1.165) is 17.0 Å². The van der Waals surface area contributed by atoms with Gasteiger partial charge in [0.05, 0.1) is 11.7 Å². The van der Waals surface area contributed by atoms with Crippen LogP contribution in [0, 0.1) is 0 Å². The highest BCUT2D eigenvalue weighted by molar-refractivity contribution is 6.46. The van der Waals surface area contributed by atoms with Crippen LogP contribution in [0.4, 0.5) is 5.69 Å². The lowest BCUT2D eigenvalue weighted by Crippen LogP contribution is -2.16. The molecule has 1 atom stereocenters. The van der Waals surface area contributed by atoms with Gasteiger partial charge in [0.1, 0.15) is 12.3 Å². The van der Waals surface area contributed by atoms with Gasteiger partial charge in [0.2, 0.25) is 5.90 Å². The highest BCUT2D eigenvalue weighted by Crippen LogP contribution is 2.35. The average Bonchev–Trinajstić information content (AvgIpc) is 3.06. The first-order valence-corrected chi connectivity index (χ1v) is 9.45. The summed E-state index contributed by atoms with van der Waals surface area (Å²) in [6.45, 7) is 11.5. The number of hydrogen-bond acceptors (Lipinski definition) is 3. The van der Waals surface area contributed by atoms with Crippen molar-refractivity contribution in [1.29, 1.82) is 0 Å². The van der Waals surface area contributed by atoms with Crippen molar-refractivity contribution in [3.05, 3.63) is 65.2 Å². The average molecular weight is 348 g/mol. The number of rotatable bonds is 5. The zero-order valence-electron chi connectivity index (χ0n) is 16.4. The van der Waals surface area contributed by atoms with E-state index in [9.17, 15) is 0 Å². The summed E-state index contributed by atoms with van der Waals surface area (Å²) in [7, 11) is 0. The predicted molar refractivity (Wildman–Crippen MR) is 110 cm³/mol. The van der Waals surface area contributed by atoms with E-state index >= 15 is 0 Å². The van der Waals surface area contributed by atoms with E-state index in [2.05, 4.69) is 69.9 Å². The van der Waals surface area contributed by atoms with Gasteiger partial charge < -0.3 is 4.74 Å². The van der Waals surface area contributed by atoms with Crippen LogP contribution in [0.25, 0.3) is 0 Å². The predicted octanol–water partition coefficient (Wildman–Crippen LogP) is 5.87. The Bertz CT molecular complexity index is 793. The van der Waals surface area contributed by atoms with Gasteiger partial charge in [-0.3, -0.25) is 0 Å². The normalized spacial score (nSPS) is 17.6. The van der Waals surface area contributed by atoms with E-state index in [4.69, 9.17) is 9.73 Å². The molecule has 0 unspecified atom stereocenters. The second kappa shape index (κ2) is 7.86. The van der Waals surface area contributed by atoms with Crippen molar-refractivity contribution in [1.82, 2.24) is 0 Å². The Labute approximate surface area is 156 Å². The molecule has 0 bridgehead atoms. The van der Waals surface area contributed by atoms with Crippen LogP contribution in [-0.2, 0) is 4.74 Å². The molecule has 3 nitrogen and oxygen atoms in total. The smallest absolute Gasteiger partial charge is 0.236 e. The molecule has 0 N–H and O–H groups in total. The Morgan fingerprint density at radius 2 is 1.58 bits per heavy atom. The van der Waals surface area contributed by atoms with Gasteiger partial charge in [0, 0.05) is 5.56 Å². The van der Waals surface area contributed by atoms with E-state index < -0.39 is 0 Å². The summed E-state index contributed by atoms with van der Waals surface area (Å²) in [6, 6.07) is 16.9. The third-order valence-corrected chi connectivity index (χ3v) is 4.61. The van der Waals surface area contributed by atoms with E-state index in [-0.39, 0.29) is 6.04 Å². The fraction of sp³-hybridized carbons (Fsp3) is 0.391. The van der Waals surface area contributed by atoms with Crippen molar-refractivity contribution < 1.29 is 4.74 Å². The molecule has 0 fully saturated rings. The molecule has 1 aliphatic heterocycles. The van der Waals surface area contributed by atoms with Gasteiger partial charge in [-0.1, -0.05) is 76.2 Å². The fourth-order valence-corrected chi connectivity index (χ4v) is 3.19. The number of ether oxygens (including phenoxy) is 1. The molecule has 2 aromatic rings. The molecule has 0 saturated heterocycles. The molecule has 2 aromatic carbocycles. The van der Waals surface area contributed by atoms with Crippen molar-refractivity contribution in [3.8, 4) is 0 Å². The number of hydrogen-bond donors (Lipinski definition) is 0. The SMILES string of the molecule is CC(C)c1cccc(C(C)C)c1N=C(C1=N[C@@H](C)CO1)c1ccccc1. The lowest BCUT2D eigenvalue weighted by Gasteiger charge is -2.18. The molecule has 26 heavy (non-hydrogen) atoms. The maximum atomic E-state index is 5.87. The number of para-hydroxylation sites is 1. The van der Waals surface area contributed by atoms with Crippen molar-refractivity contribution in [2.45, 2.75) is 52.5 Å². The summed E-state index contributed by atoms with van der Waals surface area (Å²) in [5.74, 6) is 1.45. The van der Waals surface area contributed by atoms with E-state index in [1.165, 1.54) is 11.1 Å². The Kier molecular flexibility index (Phi) is 5.55. The van der Waals surface area contributed by atoms with Crippen LogP contribution in [0.5, 0.6) is 0 Å². The Balaban J connectivity index is 2.22. The van der Waals surface area contributed by atoms with Gasteiger partial charge in [0.15, 0.2) is 0 Å². The van der Waals surface area contributed by atoms with Crippen molar-refractivity contribution >= 4 is 17.3 Å². The summed E-state index contributed by atoms with van der Waals surface area (Å²) < 4.78 is 5.87. The summed E-state index contributed by atoms with van der Waals surface area (Å²) in [5, 5.41) is 0. The van der Waals surface area contributed by atoms with Crippen molar-refractivity contribution in [2.75, 3.05) is 6.61 Å². The molecule has 1 aliphatic rings. The molecule has 0 amide bonds. The van der Waals surface area contributed by atoms with Crippen LogP contribution in [0.2, 0.25) is 0 Å². The summed E-state index contributed by atoms with van der Waals surface area (Å²) in [6.07, 6.45) is 0. The second-order valence-corrected chi connectivity index (χ2v) is 7.52. The Hall–Kier alpha value is -2.42. The molecular formula is C23H28N2O. The van der Waals surface area contributed by atoms with E-state index in [0.29, 0.717) is 24.3 Å². The molecule has 3 rings (SSSR count). The summed E-state index contributed by atoms with van der Waals surface area (Å²) >= 11 is 0. The topological polar surface area (TPSA) is 34.0 Å². The zero-order chi connectivity index (χ0) is 18.7.